The highest BCUT2D eigenvalue weighted by Gasteiger charge is 2.13. The van der Waals surface area contributed by atoms with E-state index in [4.69, 9.17) is 9.84 Å². The van der Waals surface area contributed by atoms with Crippen LogP contribution in [0.25, 0.3) is 0 Å². The molecule has 1 atom stereocenters. The maximum Gasteiger partial charge on any atom is 0.124 e. The smallest absolute Gasteiger partial charge is 0.124 e. The minimum absolute atomic E-state index is 0.0141. The van der Waals surface area contributed by atoms with Gasteiger partial charge in [0.25, 0.3) is 0 Å². The van der Waals surface area contributed by atoms with Crippen molar-refractivity contribution >= 4 is 0 Å². The maximum atomic E-state index is 12.8. The second-order valence-corrected chi connectivity index (χ2v) is 3.25. The molecule has 0 saturated carbocycles. The van der Waals surface area contributed by atoms with Gasteiger partial charge in [0.05, 0.1) is 7.11 Å². The molecule has 0 aromatic heterocycles. The molecule has 3 heteroatoms. The monoisotopic (exact) mass is 198 g/mol. The second kappa shape index (κ2) is 4.96. The van der Waals surface area contributed by atoms with Gasteiger partial charge in [0, 0.05) is 18.1 Å². The van der Waals surface area contributed by atoms with Gasteiger partial charge in [0.1, 0.15) is 12.4 Å². The standard InChI is InChI=1S/C11H15FO2/c1-8(7-13)9-4-3-5-11(14-2)10(9)6-12/h3-5,8,13H,6-7H2,1-2H3. The molecule has 0 saturated heterocycles. The number of benzene rings is 1. The number of ether oxygens (including phenoxy) is 1. The van der Waals surface area contributed by atoms with Gasteiger partial charge in [-0.2, -0.15) is 0 Å². The molecule has 2 nitrogen and oxygen atoms in total. The predicted octanol–water partition coefficient (Wildman–Crippen LogP) is 2.26. The molecule has 0 aliphatic heterocycles. The number of alkyl halides is 1. The molecule has 1 N–H and O–H groups in total. The minimum Gasteiger partial charge on any atom is -0.496 e. The fourth-order valence-electron chi connectivity index (χ4n) is 1.48. The van der Waals surface area contributed by atoms with E-state index >= 15 is 0 Å². The number of aliphatic hydroxyl groups excluding tert-OH is 1. The number of rotatable bonds is 4. The van der Waals surface area contributed by atoms with Crippen molar-refractivity contribution in [2.24, 2.45) is 0 Å². The summed E-state index contributed by atoms with van der Waals surface area (Å²) in [7, 11) is 1.52. The summed E-state index contributed by atoms with van der Waals surface area (Å²) in [6.07, 6.45) is 0. The average molecular weight is 198 g/mol. The van der Waals surface area contributed by atoms with Gasteiger partial charge in [0.15, 0.2) is 0 Å². The van der Waals surface area contributed by atoms with Crippen LogP contribution in [0.1, 0.15) is 24.0 Å². The molecule has 0 heterocycles. The summed E-state index contributed by atoms with van der Waals surface area (Å²) >= 11 is 0. The number of methoxy groups -OCH3 is 1. The molecule has 0 spiro atoms. The third-order valence-corrected chi connectivity index (χ3v) is 2.33. The highest BCUT2D eigenvalue weighted by atomic mass is 19.1. The third kappa shape index (κ3) is 2.04. The SMILES string of the molecule is COc1cccc(C(C)CO)c1CF. The Morgan fingerprint density at radius 3 is 2.71 bits per heavy atom. The fourth-order valence-corrected chi connectivity index (χ4v) is 1.48. The van der Waals surface area contributed by atoms with Crippen LogP contribution in [-0.4, -0.2) is 18.8 Å². The van der Waals surface area contributed by atoms with E-state index < -0.39 is 6.67 Å². The first-order chi connectivity index (χ1) is 6.74. The van der Waals surface area contributed by atoms with Crippen molar-refractivity contribution in [3.05, 3.63) is 29.3 Å². The molecular formula is C11H15FO2. The Morgan fingerprint density at radius 1 is 1.50 bits per heavy atom. The second-order valence-electron chi connectivity index (χ2n) is 3.25. The highest BCUT2D eigenvalue weighted by Crippen LogP contribution is 2.28. The van der Waals surface area contributed by atoms with Crippen LogP contribution in [0.5, 0.6) is 5.75 Å². The summed E-state index contributed by atoms with van der Waals surface area (Å²) in [4.78, 5) is 0. The number of hydrogen-bond donors (Lipinski definition) is 1. The Bertz CT molecular complexity index is 299. The van der Waals surface area contributed by atoms with Crippen LogP contribution in [0.4, 0.5) is 4.39 Å². The van der Waals surface area contributed by atoms with E-state index in [9.17, 15) is 4.39 Å². The lowest BCUT2D eigenvalue weighted by Gasteiger charge is -2.15. The average Bonchev–Trinajstić information content (AvgIpc) is 2.26. The van der Waals surface area contributed by atoms with Crippen LogP contribution in [0.3, 0.4) is 0 Å². The summed E-state index contributed by atoms with van der Waals surface area (Å²) in [6, 6.07) is 5.35. The van der Waals surface area contributed by atoms with Crippen LogP contribution in [-0.2, 0) is 6.67 Å². The lowest BCUT2D eigenvalue weighted by molar-refractivity contribution is 0.271. The van der Waals surface area contributed by atoms with Gasteiger partial charge in [-0.05, 0) is 11.6 Å². The van der Waals surface area contributed by atoms with Crippen molar-refractivity contribution in [1.29, 1.82) is 0 Å². The van der Waals surface area contributed by atoms with Gasteiger partial charge in [-0.1, -0.05) is 19.1 Å². The minimum atomic E-state index is -0.566. The lowest BCUT2D eigenvalue weighted by Crippen LogP contribution is -2.04. The van der Waals surface area contributed by atoms with Crippen molar-refractivity contribution in [3.63, 3.8) is 0 Å². The summed E-state index contributed by atoms with van der Waals surface area (Å²) in [6.45, 7) is 1.30. The van der Waals surface area contributed by atoms with Crippen LogP contribution in [0.2, 0.25) is 0 Å². The molecule has 14 heavy (non-hydrogen) atoms. The van der Waals surface area contributed by atoms with E-state index in [2.05, 4.69) is 0 Å². The molecule has 1 unspecified atom stereocenters. The van der Waals surface area contributed by atoms with Gasteiger partial charge >= 0.3 is 0 Å². The third-order valence-electron chi connectivity index (χ3n) is 2.33. The Hall–Kier alpha value is -1.09. The molecule has 1 aromatic rings. The fraction of sp³-hybridized carbons (Fsp3) is 0.455. The first kappa shape index (κ1) is 11.0. The summed E-state index contributed by atoms with van der Waals surface area (Å²) in [5.41, 5.74) is 1.35. The van der Waals surface area contributed by atoms with E-state index in [0.29, 0.717) is 11.3 Å². The largest absolute Gasteiger partial charge is 0.496 e. The van der Waals surface area contributed by atoms with E-state index in [-0.39, 0.29) is 12.5 Å². The molecule has 0 aliphatic carbocycles. The van der Waals surface area contributed by atoms with Crippen LogP contribution in [0.15, 0.2) is 18.2 Å². The van der Waals surface area contributed by atoms with Crippen molar-refractivity contribution < 1.29 is 14.2 Å². The van der Waals surface area contributed by atoms with Gasteiger partial charge < -0.3 is 9.84 Å². The van der Waals surface area contributed by atoms with Crippen molar-refractivity contribution in [2.75, 3.05) is 13.7 Å². The molecule has 0 bridgehead atoms. The molecule has 0 aliphatic rings. The van der Waals surface area contributed by atoms with Crippen molar-refractivity contribution in [1.82, 2.24) is 0 Å². The van der Waals surface area contributed by atoms with Gasteiger partial charge in [-0.25, -0.2) is 4.39 Å². The molecule has 78 valence electrons. The van der Waals surface area contributed by atoms with Gasteiger partial charge in [0.2, 0.25) is 0 Å². The Kier molecular flexibility index (Phi) is 3.89. The molecule has 1 rings (SSSR count). The molecule has 0 radical (unpaired) electrons. The zero-order valence-electron chi connectivity index (χ0n) is 8.46. The molecule has 0 fully saturated rings. The molecule has 0 amide bonds. The highest BCUT2D eigenvalue weighted by molar-refractivity contribution is 5.41. The topological polar surface area (TPSA) is 29.5 Å². The lowest BCUT2D eigenvalue weighted by atomic mass is 9.96. The number of halogens is 1. The Morgan fingerprint density at radius 2 is 2.21 bits per heavy atom. The number of hydrogen-bond acceptors (Lipinski definition) is 2. The van der Waals surface area contributed by atoms with E-state index in [0.717, 1.165) is 5.56 Å². The zero-order valence-corrected chi connectivity index (χ0v) is 8.46. The van der Waals surface area contributed by atoms with Crippen LogP contribution >= 0.6 is 0 Å². The first-order valence-corrected chi connectivity index (χ1v) is 4.57. The van der Waals surface area contributed by atoms with E-state index in [1.165, 1.54) is 7.11 Å². The summed E-state index contributed by atoms with van der Waals surface area (Å²) in [5, 5.41) is 9.01. The predicted molar refractivity (Wildman–Crippen MR) is 53.3 cm³/mol. The molecular weight excluding hydrogens is 183 g/mol. The van der Waals surface area contributed by atoms with Gasteiger partial charge in [-0.15, -0.1) is 0 Å². The quantitative estimate of drug-likeness (QED) is 0.804. The Balaban J connectivity index is 3.14. The first-order valence-electron chi connectivity index (χ1n) is 4.57. The van der Waals surface area contributed by atoms with Crippen molar-refractivity contribution in [3.8, 4) is 5.75 Å². The summed E-state index contributed by atoms with van der Waals surface area (Å²) < 4.78 is 17.8. The van der Waals surface area contributed by atoms with E-state index in [1.807, 2.05) is 13.0 Å². The number of aliphatic hydroxyl groups is 1. The van der Waals surface area contributed by atoms with Crippen LogP contribution in [0, 0.1) is 0 Å². The van der Waals surface area contributed by atoms with E-state index in [1.54, 1.807) is 12.1 Å². The van der Waals surface area contributed by atoms with Crippen LogP contribution < -0.4 is 4.74 Å². The zero-order chi connectivity index (χ0) is 10.6. The maximum absolute atomic E-state index is 12.8. The van der Waals surface area contributed by atoms with Gasteiger partial charge in [-0.3, -0.25) is 0 Å². The summed E-state index contributed by atoms with van der Waals surface area (Å²) in [5.74, 6) is 0.487. The van der Waals surface area contributed by atoms with Crippen molar-refractivity contribution in [2.45, 2.75) is 19.5 Å². The Labute approximate surface area is 83.3 Å². The normalized spacial score (nSPS) is 12.6. The molecule has 1 aromatic carbocycles.